The van der Waals surface area contributed by atoms with E-state index in [1.165, 1.54) is 0 Å². The summed E-state index contributed by atoms with van der Waals surface area (Å²) in [6.07, 6.45) is 0. The van der Waals surface area contributed by atoms with Crippen LogP contribution in [-0.4, -0.2) is 66.1 Å². The van der Waals surface area contributed by atoms with Gasteiger partial charge in [0.1, 0.15) is 12.1 Å². The number of nitrogens with one attached hydrogen (secondary N) is 2. The number of hydrogen-bond acceptors (Lipinski definition) is 10. The van der Waals surface area contributed by atoms with Gasteiger partial charge in [-0.2, -0.15) is 25.3 Å². The van der Waals surface area contributed by atoms with Crippen LogP contribution in [0.3, 0.4) is 0 Å². The first kappa shape index (κ1) is 16.2. The summed E-state index contributed by atoms with van der Waals surface area (Å²) in [6, 6.07) is -1.96. The van der Waals surface area contributed by atoms with Gasteiger partial charge in [-0.3, -0.25) is 0 Å². The fraction of sp³-hybridized carbons (Fsp3) is 0.500. The molecule has 10 nitrogen and oxygen atoms in total. The number of aliphatic carboxylic acids is 2. The Bertz CT molecular complexity index is 430. The molecule has 0 amide bonds. The predicted octanol–water partition coefficient (Wildman–Crippen LogP) is -1.14. The van der Waals surface area contributed by atoms with Crippen LogP contribution in [0, 0.1) is 0 Å². The van der Waals surface area contributed by atoms with Gasteiger partial charge in [-0.15, -0.1) is 20.4 Å². The van der Waals surface area contributed by atoms with E-state index in [9.17, 15) is 9.59 Å². The number of hydrogen-bond donors (Lipinski definition) is 6. The van der Waals surface area contributed by atoms with Crippen molar-refractivity contribution in [1.29, 1.82) is 0 Å². The minimum atomic E-state index is -1.12. The van der Waals surface area contributed by atoms with Crippen molar-refractivity contribution in [2.75, 3.05) is 22.1 Å². The molecule has 0 aliphatic heterocycles. The summed E-state index contributed by atoms with van der Waals surface area (Å²) in [7, 11) is 0. The van der Waals surface area contributed by atoms with Crippen molar-refractivity contribution in [3.8, 4) is 0 Å². The summed E-state index contributed by atoms with van der Waals surface area (Å²) in [5, 5.41) is 36.9. The lowest BCUT2D eigenvalue weighted by Gasteiger charge is -2.12. The first-order chi connectivity index (χ1) is 9.47. The van der Waals surface area contributed by atoms with Gasteiger partial charge in [-0.25, -0.2) is 9.59 Å². The standard InChI is InChI=1S/C8H12N6O4S2/c15-5(16)3(1-19)9-7-11-13-8(14-12-7)10-4(2-20)6(17)18/h3-4,19-20H,1-2H2,(H,15,16)(H,17,18)(H,9,11,12)(H,10,13,14). The quantitative estimate of drug-likeness (QED) is 0.324. The lowest BCUT2D eigenvalue weighted by molar-refractivity contribution is -0.138. The van der Waals surface area contributed by atoms with Crippen LogP contribution in [-0.2, 0) is 9.59 Å². The molecule has 0 saturated carbocycles. The summed E-state index contributed by atoms with van der Waals surface area (Å²) < 4.78 is 0. The van der Waals surface area contributed by atoms with Crippen LogP contribution >= 0.6 is 25.3 Å². The molecule has 1 heterocycles. The molecule has 0 radical (unpaired) electrons. The van der Waals surface area contributed by atoms with Crippen LogP contribution in [0.4, 0.5) is 11.9 Å². The van der Waals surface area contributed by atoms with Crippen LogP contribution in [0.1, 0.15) is 0 Å². The van der Waals surface area contributed by atoms with Crippen LogP contribution in [0.25, 0.3) is 0 Å². The highest BCUT2D eigenvalue weighted by Crippen LogP contribution is 2.03. The average Bonchev–Trinajstić information content (AvgIpc) is 2.42. The van der Waals surface area contributed by atoms with Gasteiger partial charge >= 0.3 is 11.9 Å². The van der Waals surface area contributed by atoms with E-state index < -0.39 is 24.0 Å². The van der Waals surface area contributed by atoms with E-state index in [0.717, 1.165) is 0 Å². The van der Waals surface area contributed by atoms with E-state index in [1.54, 1.807) is 0 Å². The first-order valence-corrected chi connectivity index (χ1v) is 6.52. The Morgan fingerprint density at radius 2 is 1.20 bits per heavy atom. The second-order valence-electron chi connectivity index (χ2n) is 3.48. The highest BCUT2D eigenvalue weighted by atomic mass is 32.1. The molecule has 2 atom stereocenters. The maximum absolute atomic E-state index is 10.8. The zero-order valence-electron chi connectivity index (χ0n) is 9.96. The van der Waals surface area contributed by atoms with Crippen LogP contribution in [0.15, 0.2) is 0 Å². The number of carboxylic acids is 2. The van der Waals surface area contributed by atoms with E-state index in [2.05, 4.69) is 56.3 Å². The fourth-order valence-electron chi connectivity index (χ4n) is 1.03. The van der Waals surface area contributed by atoms with Crippen molar-refractivity contribution < 1.29 is 19.8 Å². The molecule has 1 aromatic rings. The Morgan fingerprint density at radius 3 is 1.40 bits per heavy atom. The molecule has 4 N–H and O–H groups in total. The molecule has 0 aromatic carbocycles. The van der Waals surface area contributed by atoms with Gasteiger partial charge in [0.2, 0.25) is 0 Å². The highest BCUT2D eigenvalue weighted by Gasteiger charge is 2.19. The van der Waals surface area contributed by atoms with Crippen molar-refractivity contribution in [3.63, 3.8) is 0 Å². The van der Waals surface area contributed by atoms with E-state index in [-0.39, 0.29) is 23.4 Å². The Labute approximate surface area is 124 Å². The van der Waals surface area contributed by atoms with Gasteiger partial charge in [0, 0.05) is 11.5 Å². The minimum Gasteiger partial charge on any atom is -0.480 e. The third kappa shape index (κ3) is 4.70. The molecule has 0 saturated heterocycles. The van der Waals surface area contributed by atoms with E-state index in [0.29, 0.717) is 0 Å². The van der Waals surface area contributed by atoms with E-state index in [4.69, 9.17) is 10.2 Å². The van der Waals surface area contributed by atoms with Gasteiger partial charge in [0.15, 0.2) is 0 Å². The van der Waals surface area contributed by atoms with Crippen molar-refractivity contribution in [3.05, 3.63) is 0 Å². The molecule has 110 valence electrons. The zero-order valence-corrected chi connectivity index (χ0v) is 11.8. The third-order valence-corrected chi connectivity index (χ3v) is 2.78. The minimum absolute atomic E-state index is 0.0272. The average molecular weight is 320 g/mol. The molecule has 20 heavy (non-hydrogen) atoms. The summed E-state index contributed by atoms with van der Waals surface area (Å²) >= 11 is 7.72. The molecule has 1 aromatic heterocycles. The van der Waals surface area contributed by atoms with Crippen LogP contribution < -0.4 is 10.6 Å². The van der Waals surface area contributed by atoms with Gasteiger partial charge < -0.3 is 20.8 Å². The summed E-state index contributed by atoms with van der Waals surface area (Å²) in [4.78, 5) is 21.5. The Kier molecular flexibility index (Phi) is 6.24. The molecule has 0 bridgehead atoms. The highest BCUT2D eigenvalue weighted by molar-refractivity contribution is 7.80. The van der Waals surface area contributed by atoms with Crippen LogP contribution in [0.2, 0.25) is 0 Å². The molecule has 2 unspecified atom stereocenters. The maximum atomic E-state index is 10.8. The normalized spacial score (nSPS) is 13.3. The van der Waals surface area contributed by atoms with Crippen LogP contribution in [0.5, 0.6) is 0 Å². The molecule has 0 fully saturated rings. The number of nitrogens with zero attached hydrogens (tertiary/aromatic N) is 4. The monoisotopic (exact) mass is 320 g/mol. The van der Waals surface area contributed by atoms with E-state index in [1.807, 2.05) is 0 Å². The smallest absolute Gasteiger partial charge is 0.327 e. The Balaban J connectivity index is 2.69. The lowest BCUT2D eigenvalue weighted by atomic mass is 10.3. The second-order valence-corrected chi connectivity index (χ2v) is 4.21. The summed E-state index contributed by atoms with van der Waals surface area (Å²) in [5.74, 6) is -2.39. The molecule has 12 heteroatoms. The molecular weight excluding hydrogens is 308 g/mol. The second kappa shape index (κ2) is 7.69. The third-order valence-electron chi connectivity index (χ3n) is 2.05. The van der Waals surface area contributed by atoms with Crippen molar-refractivity contribution in [2.24, 2.45) is 0 Å². The number of carbonyl (C=O) groups is 2. The lowest BCUT2D eigenvalue weighted by Crippen LogP contribution is -2.33. The van der Waals surface area contributed by atoms with Crippen molar-refractivity contribution in [2.45, 2.75) is 12.1 Å². The number of thiol groups is 2. The molecule has 0 aliphatic carbocycles. The van der Waals surface area contributed by atoms with Gasteiger partial charge in [-0.1, -0.05) is 0 Å². The molecule has 1 rings (SSSR count). The fourth-order valence-corrected chi connectivity index (χ4v) is 1.52. The summed E-state index contributed by atoms with van der Waals surface area (Å²) in [5.41, 5.74) is 0. The Morgan fingerprint density at radius 1 is 0.900 bits per heavy atom. The number of aromatic nitrogens is 4. The summed E-state index contributed by atoms with van der Waals surface area (Å²) in [6.45, 7) is 0. The zero-order chi connectivity index (χ0) is 15.1. The Hall–Kier alpha value is -1.82. The number of carboxylic acid groups (broad SMARTS) is 2. The maximum Gasteiger partial charge on any atom is 0.327 e. The molecule has 0 spiro atoms. The SMILES string of the molecule is O=C(O)C(CS)Nc1nnc(NC(CS)C(=O)O)nn1. The van der Waals surface area contributed by atoms with Crippen molar-refractivity contribution in [1.82, 2.24) is 20.4 Å². The number of anilines is 2. The van der Waals surface area contributed by atoms with Gasteiger partial charge in [-0.05, 0) is 0 Å². The van der Waals surface area contributed by atoms with E-state index >= 15 is 0 Å². The topological polar surface area (TPSA) is 150 Å². The first-order valence-electron chi connectivity index (χ1n) is 5.25. The predicted molar refractivity (Wildman–Crippen MR) is 75.4 cm³/mol. The van der Waals surface area contributed by atoms with Crippen molar-refractivity contribution >= 4 is 49.1 Å². The van der Waals surface area contributed by atoms with Gasteiger partial charge in [0.25, 0.3) is 11.9 Å². The molecular formula is C8H12N6O4S2. The van der Waals surface area contributed by atoms with Gasteiger partial charge in [0.05, 0.1) is 0 Å². The largest absolute Gasteiger partial charge is 0.480 e. The molecule has 0 aliphatic rings. The number of rotatable bonds is 8.